The summed E-state index contributed by atoms with van der Waals surface area (Å²) in [6.07, 6.45) is 0. The molecule has 2 N–H and O–H groups in total. The summed E-state index contributed by atoms with van der Waals surface area (Å²) < 4.78 is 53.9. The van der Waals surface area contributed by atoms with Crippen LogP contribution in [0.15, 0.2) is 41.3 Å². The van der Waals surface area contributed by atoms with Crippen LogP contribution < -0.4 is 10.0 Å². The number of anilines is 1. The van der Waals surface area contributed by atoms with Crippen LogP contribution in [0.3, 0.4) is 0 Å². The van der Waals surface area contributed by atoms with Crippen LogP contribution in [-0.2, 0) is 14.8 Å². The number of hydrogen-bond acceptors (Lipinski definition) is 3. The molecule has 25 heavy (non-hydrogen) atoms. The zero-order valence-corrected chi connectivity index (χ0v) is 14.3. The molecule has 0 saturated carbocycles. The molecule has 1 aliphatic rings. The molecule has 3 rings (SSSR count). The Kier molecular flexibility index (Phi) is 4.34. The van der Waals surface area contributed by atoms with E-state index in [-0.39, 0.29) is 10.8 Å². The summed E-state index contributed by atoms with van der Waals surface area (Å²) in [5, 5.41) is 2.67. The van der Waals surface area contributed by atoms with Gasteiger partial charge >= 0.3 is 0 Å². The number of amides is 1. The summed E-state index contributed by atoms with van der Waals surface area (Å²) in [6.45, 7) is 3.22. The number of rotatable bonds is 4. The first-order chi connectivity index (χ1) is 11.7. The molecule has 1 amide bonds. The van der Waals surface area contributed by atoms with Crippen LogP contribution in [0, 0.1) is 11.6 Å². The minimum absolute atomic E-state index is 0.00373. The number of fused-ring (bicyclic) bond motifs is 1. The Labute approximate surface area is 144 Å². The number of halogens is 2. The van der Waals surface area contributed by atoms with Crippen molar-refractivity contribution in [1.82, 2.24) is 4.72 Å². The van der Waals surface area contributed by atoms with Gasteiger partial charge in [-0.1, -0.05) is 6.07 Å². The van der Waals surface area contributed by atoms with E-state index in [1.807, 2.05) is 0 Å². The lowest BCUT2D eigenvalue weighted by Gasteiger charge is -2.15. The number of sulfonamides is 1. The quantitative estimate of drug-likeness (QED) is 0.873. The summed E-state index contributed by atoms with van der Waals surface area (Å²) in [5.41, 5.74) is 1.49. The number of carbonyl (C=O) groups is 1. The lowest BCUT2D eigenvalue weighted by Crippen LogP contribution is -2.27. The fourth-order valence-corrected chi connectivity index (χ4v) is 3.98. The van der Waals surface area contributed by atoms with Crippen molar-refractivity contribution < 1.29 is 22.0 Å². The van der Waals surface area contributed by atoms with Crippen LogP contribution in [0.1, 0.15) is 36.9 Å². The van der Waals surface area contributed by atoms with Gasteiger partial charge in [0.25, 0.3) is 0 Å². The van der Waals surface area contributed by atoms with E-state index in [2.05, 4.69) is 10.0 Å². The zero-order chi connectivity index (χ0) is 18.4. The molecule has 132 valence electrons. The van der Waals surface area contributed by atoms with E-state index in [9.17, 15) is 22.0 Å². The first-order valence-electron chi connectivity index (χ1n) is 7.61. The molecule has 2 aromatic carbocycles. The van der Waals surface area contributed by atoms with E-state index in [0.29, 0.717) is 16.8 Å². The van der Waals surface area contributed by atoms with Gasteiger partial charge in [-0.25, -0.2) is 21.9 Å². The minimum atomic E-state index is -3.90. The topological polar surface area (TPSA) is 75.3 Å². The Bertz CT molecular complexity index is 960. The second kappa shape index (κ2) is 6.20. The Morgan fingerprint density at radius 2 is 1.84 bits per heavy atom. The Hall–Kier alpha value is -2.32. The molecule has 0 fully saturated rings. The molecule has 0 bridgehead atoms. The van der Waals surface area contributed by atoms with Gasteiger partial charge in [0.05, 0.1) is 10.8 Å². The van der Waals surface area contributed by atoms with Crippen molar-refractivity contribution >= 4 is 21.6 Å². The summed E-state index contributed by atoms with van der Waals surface area (Å²) in [7, 11) is -3.90. The van der Waals surface area contributed by atoms with Crippen LogP contribution in [0.5, 0.6) is 0 Å². The molecule has 1 aliphatic heterocycles. The summed E-state index contributed by atoms with van der Waals surface area (Å²) >= 11 is 0. The predicted molar refractivity (Wildman–Crippen MR) is 88.6 cm³/mol. The van der Waals surface area contributed by atoms with Crippen LogP contribution in [-0.4, -0.2) is 14.3 Å². The lowest BCUT2D eigenvalue weighted by atomic mass is 10.0. The molecular formula is C17H16F2N2O3S. The van der Waals surface area contributed by atoms with Crippen molar-refractivity contribution in [3.05, 3.63) is 59.2 Å². The molecule has 8 heteroatoms. The van der Waals surface area contributed by atoms with Crippen LogP contribution in [0.25, 0.3) is 0 Å². The highest BCUT2D eigenvalue weighted by molar-refractivity contribution is 7.89. The minimum Gasteiger partial charge on any atom is -0.325 e. The molecular weight excluding hydrogens is 350 g/mol. The molecule has 2 atom stereocenters. The van der Waals surface area contributed by atoms with Crippen molar-refractivity contribution in [2.24, 2.45) is 0 Å². The SMILES string of the molecule is C[C@H](NS(=O)(=O)c1ccc2c(c1)[C@H](C)C(=O)N2)c1ccc(F)c(F)c1. The second-order valence-corrected chi connectivity index (χ2v) is 7.69. The van der Waals surface area contributed by atoms with Crippen LogP contribution >= 0.6 is 0 Å². The molecule has 0 aromatic heterocycles. The van der Waals surface area contributed by atoms with Gasteiger partial charge in [0.15, 0.2) is 11.6 Å². The van der Waals surface area contributed by atoms with Crippen molar-refractivity contribution in [3.63, 3.8) is 0 Å². The molecule has 0 spiro atoms. The van der Waals surface area contributed by atoms with Crippen LogP contribution in [0.2, 0.25) is 0 Å². The van der Waals surface area contributed by atoms with Crippen molar-refractivity contribution in [2.45, 2.75) is 30.7 Å². The van der Waals surface area contributed by atoms with Gasteiger partial charge in [-0.05, 0) is 55.3 Å². The maximum Gasteiger partial charge on any atom is 0.241 e. The monoisotopic (exact) mass is 366 g/mol. The van der Waals surface area contributed by atoms with E-state index in [1.165, 1.54) is 31.2 Å². The predicted octanol–water partition coefficient (Wildman–Crippen LogP) is 3.06. The molecule has 2 aromatic rings. The van der Waals surface area contributed by atoms with E-state index >= 15 is 0 Å². The maximum atomic E-state index is 13.3. The third kappa shape index (κ3) is 3.27. The van der Waals surface area contributed by atoms with E-state index in [1.54, 1.807) is 6.92 Å². The third-order valence-electron chi connectivity index (χ3n) is 4.23. The molecule has 0 unspecified atom stereocenters. The summed E-state index contributed by atoms with van der Waals surface area (Å²) in [4.78, 5) is 11.7. The van der Waals surface area contributed by atoms with Gasteiger partial charge in [0.2, 0.25) is 15.9 Å². The zero-order valence-electron chi connectivity index (χ0n) is 13.5. The van der Waals surface area contributed by atoms with Gasteiger partial charge in [-0.2, -0.15) is 0 Å². The second-order valence-electron chi connectivity index (χ2n) is 5.98. The van der Waals surface area contributed by atoms with Crippen molar-refractivity contribution in [2.75, 3.05) is 5.32 Å². The molecule has 0 aliphatic carbocycles. The molecule has 0 saturated heterocycles. The molecule has 5 nitrogen and oxygen atoms in total. The first-order valence-corrected chi connectivity index (χ1v) is 9.09. The maximum absolute atomic E-state index is 13.3. The smallest absolute Gasteiger partial charge is 0.241 e. The van der Waals surface area contributed by atoms with Crippen LogP contribution in [0.4, 0.5) is 14.5 Å². The van der Waals surface area contributed by atoms with Gasteiger partial charge in [-0.3, -0.25) is 4.79 Å². The Balaban J connectivity index is 1.87. The third-order valence-corrected chi connectivity index (χ3v) is 5.76. The first kappa shape index (κ1) is 17.5. The van der Waals surface area contributed by atoms with E-state index in [0.717, 1.165) is 12.1 Å². The van der Waals surface area contributed by atoms with E-state index in [4.69, 9.17) is 0 Å². The number of benzene rings is 2. The summed E-state index contributed by atoms with van der Waals surface area (Å²) in [6, 6.07) is 6.83. The molecule has 1 heterocycles. The van der Waals surface area contributed by atoms with Gasteiger partial charge in [0, 0.05) is 11.7 Å². The van der Waals surface area contributed by atoms with Gasteiger partial charge in [0.1, 0.15) is 0 Å². The standard InChI is InChI=1S/C17H16F2N2O3S/c1-9-13-8-12(4-6-16(13)20-17(9)22)25(23,24)21-10(2)11-3-5-14(18)15(19)7-11/h3-10,21H,1-2H3,(H,20,22)/t9-,10-/m0/s1. The molecule has 0 radical (unpaired) electrons. The fraction of sp³-hybridized carbons (Fsp3) is 0.235. The summed E-state index contributed by atoms with van der Waals surface area (Å²) in [5.74, 6) is -2.66. The fourth-order valence-electron chi connectivity index (χ4n) is 2.71. The van der Waals surface area contributed by atoms with Crippen molar-refractivity contribution in [3.8, 4) is 0 Å². The highest BCUT2D eigenvalue weighted by Crippen LogP contribution is 2.34. The normalized spacial score (nSPS) is 17.9. The Morgan fingerprint density at radius 3 is 2.52 bits per heavy atom. The Morgan fingerprint density at radius 1 is 1.12 bits per heavy atom. The number of carbonyl (C=O) groups excluding carboxylic acids is 1. The highest BCUT2D eigenvalue weighted by atomic mass is 32.2. The van der Waals surface area contributed by atoms with Gasteiger partial charge < -0.3 is 5.32 Å². The average Bonchev–Trinajstić information content (AvgIpc) is 2.84. The largest absolute Gasteiger partial charge is 0.325 e. The van der Waals surface area contributed by atoms with Crippen molar-refractivity contribution in [1.29, 1.82) is 0 Å². The number of nitrogens with one attached hydrogen (secondary N) is 2. The van der Waals surface area contributed by atoms with Gasteiger partial charge in [-0.15, -0.1) is 0 Å². The van der Waals surface area contributed by atoms with E-state index < -0.39 is 33.6 Å². The highest BCUT2D eigenvalue weighted by Gasteiger charge is 2.29. The lowest BCUT2D eigenvalue weighted by molar-refractivity contribution is -0.116. The number of hydrogen-bond donors (Lipinski definition) is 2. The average molecular weight is 366 g/mol.